The number of aryl methyl sites for hydroxylation is 1. The van der Waals surface area contributed by atoms with Crippen molar-refractivity contribution in [1.29, 1.82) is 0 Å². The van der Waals surface area contributed by atoms with Crippen LogP contribution in [0.3, 0.4) is 0 Å². The Hall–Kier alpha value is -1.05. The number of hydrogen-bond donors (Lipinski definition) is 1. The average molecular weight is 204 g/mol. The predicted octanol–water partition coefficient (Wildman–Crippen LogP) is 3.38. The third-order valence-corrected chi connectivity index (χ3v) is 3.21. The molecule has 1 saturated carbocycles. The van der Waals surface area contributed by atoms with Crippen LogP contribution in [-0.2, 0) is 0 Å². The summed E-state index contributed by atoms with van der Waals surface area (Å²) in [6.45, 7) is 3.16. The molecule has 0 aromatic carbocycles. The van der Waals surface area contributed by atoms with Gasteiger partial charge in [-0.1, -0.05) is 25.3 Å². The van der Waals surface area contributed by atoms with Crippen molar-refractivity contribution in [3.63, 3.8) is 0 Å². The van der Waals surface area contributed by atoms with Gasteiger partial charge in [-0.25, -0.2) is 4.98 Å². The molecule has 1 aliphatic rings. The third-order valence-electron chi connectivity index (χ3n) is 3.21. The minimum absolute atomic E-state index is 0.863. The summed E-state index contributed by atoms with van der Waals surface area (Å²) in [7, 11) is 0. The first-order valence-electron chi connectivity index (χ1n) is 6.01. The van der Waals surface area contributed by atoms with Gasteiger partial charge in [0, 0.05) is 12.7 Å². The van der Waals surface area contributed by atoms with Crippen LogP contribution in [0, 0.1) is 12.8 Å². The lowest BCUT2D eigenvalue weighted by atomic mass is 9.89. The number of nitrogens with one attached hydrogen (secondary N) is 1. The molecule has 1 N–H and O–H groups in total. The molecular formula is C13H20N2. The number of rotatable bonds is 3. The Labute approximate surface area is 92.1 Å². The van der Waals surface area contributed by atoms with E-state index < -0.39 is 0 Å². The Morgan fingerprint density at radius 2 is 2.07 bits per heavy atom. The molecule has 0 radical (unpaired) electrons. The second-order valence-corrected chi connectivity index (χ2v) is 4.61. The Kier molecular flexibility index (Phi) is 3.59. The number of aromatic nitrogens is 1. The van der Waals surface area contributed by atoms with Gasteiger partial charge >= 0.3 is 0 Å². The molecule has 0 bridgehead atoms. The van der Waals surface area contributed by atoms with Gasteiger partial charge in [0.25, 0.3) is 0 Å². The highest BCUT2D eigenvalue weighted by atomic mass is 15.0. The molecule has 2 nitrogen and oxygen atoms in total. The third kappa shape index (κ3) is 3.22. The second-order valence-electron chi connectivity index (χ2n) is 4.61. The van der Waals surface area contributed by atoms with Crippen molar-refractivity contribution in [3.05, 3.63) is 23.9 Å². The van der Waals surface area contributed by atoms with Crippen LogP contribution in [0.15, 0.2) is 18.3 Å². The molecule has 82 valence electrons. The Balaban J connectivity index is 1.79. The van der Waals surface area contributed by atoms with Gasteiger partial charge in [0.1, 0.15) is 5.82 Å². The Bertz CT molecular complexity index is 286. The molecule has 15 heavy (non-hydrogen) atoms. The highest BCUT2D eigenvalue weighted by Crippen LogP contribution is 2.23. The molecule has 0 atom stereocenters. The predicted molar refractivity (Wildman–Crippen MR) is 64.0 cm³/mol. The van der Waals surface area contributed by atoms with Crippen molar-refractivity contribution < 1.29 is 0 Å². The quantitative estimate of drug-likeness (QED) is 0.816. The summed E-state index contributed by atoms with van der Waals surface area (Å²) in [5.41, 5.74) is 1.22. The lowest BCUT2D eigenvalue weighted by Gasteiger charge is -2.21. The van der Waals surface area contributed by atoms with E-state index in [1.165, 1.54) is 37.7 Å². The number of pyridine rings is 1. The van der Waals surface area contributed by atoms with Crippen LogP contribution in [0.5, 0.6) is 0 Å². The van der Waals surface area contributed by atoms with Gasteiger partial charge in [-0.15, -0.1) is 0 Å². The molecule has 1 fully saturated rings. The van der Waals surface area contributed by atoms with Gasteiger partial charge in [-0.3, -0.25) is 0 Å². The van der Waals surface area contributed by atoms with Crippen molar-refractivity contribution in [2.24, 2.45) is 5.92 Å². The fourth-order valence-corrected chi connectivity index (χ4v) is 2.21. The largest absolute Gasteiger partial charge is 0.370 e. The first-order chi connectivity index (χ1) is 7.34. The van der Waals surface area contributed by atoms with E-state index in [1.54, 1.807) is 0 Å². The van der Waals surface area contributed by atoms with Crippen molar-refractivity contribution in [2.75, 3.05) is 11.9 Å². The summed E-state index contributed by atoms with van der Waals surface area (Å²) < 4.78 is 0. The maximum atomic E-state index is 4.35. The maximum absolute atomic E-state index is 4.35. The second kappa shape index (κ2) is 5.15. The lowest BCUT2D eigenvalue weighted by Crippen LogP contribution is -2.17. The van der Waals surface area contributed by atoms with Gasteiger partial charge in [-0.05, 0) is 37.3 Å². The molecule has 0 spiro atoms. The van der Waals surface area contributed by atoms with E-state index in [9.17, 15) is 0 Å². The molecule has 2 heteroatoms. The van der Waals surface area contributed by atoms with E-state index in [0.29, 0.717) is 0 Å². The smallest absolute Gasteiger partial charge is 0.125 e. The zero-order valence-corrected chi connectivity index (χ0v) is 9.50. The zero-order valence-electron chi connectivity index (χ0n) is 9.50. The van der Waals surface area contributed by atoms with Gasteiger partial charge in [0.15, 0.2) is 0 Å². The SMILES string of the molecule is Cc1ccc(NCC2CCCCC2)nc1. The van der Waals surface area contributed by atoms with Crippen LogP contribution in [0.4, 0.5) is 5.82 Å². The molecule has 2 rings (SSSR count). The number of nitrogens with zero attached hydrogens (tertiary/aromatic N) is 1. The van der Waals surface area contributed by atoms with E-state index in [1.807, 2.05) is 6.20 Å². The molecule has 1 aromatic rings. The van der Waals surface area contributed by atoms with E-state index in [4.69, 9.17) is 0 Å². The minimum Gasteiger partial charge on any atom is -0.370 e. The monoisotopic (exact) mass is 204 g/mol. The van der Waals surface area contributed by atoms with Crippen LogP contribution < -0.4 is 5.32 Å². The zero-order chi connectivity index (χ0) is 10.5. The van der Waals surface area contributed by atoms with Gasteiger partial charge < -0.3 is 5.32 Å². The standard InChI is InChI=1S/C13H20N2/c1-11-7-8-13(14-9-11)15-10-12-5-3-2-4-6-12/h7-9,12H,2-6,10H2,1H3,(H,14,15). The van der Waals surface area contributed by atoms with E-state index >= 15 is 0 Å². The van der Waals surface area contributed by atoms with Crippen LogP contribution in [0.2, 0.25) is 0 Å². The van der Waals surface area contributed by atoms with E-state index in [0.717, 1.165) is 18.3 Å². The van der Waals surface area contributed by atoms with E-state index in [-0.39, 0.29) is 0 Å². The van der Waals surface area contributed by atoms with E-state index in [2.05, 4.69) is 29.4 Å². The van der Waals surface area contributed by atoms with Crippen LogP contribution in [0.1, 0.15) is 37.7 Å². The summed E-state index contributed by atoms with van der Waals surface area (Å²) >= 11 is 0. The van der Waals surface area contributed by atoms with Crippen molar-refractivity contribution >= 4 is 5.82 Å². The summed E-state index contributed by atoms with van der Waals surface area (Å²) in [5, 5.41) is 3.43. The maximum Gasteiger partial charge on any atom is 0.125 e. The first-order valence-corrected chi connectivity index (χ1v) is 6.01. The number of anilines is 1. The normalized spacial score (nSPS) is 17.7. The summed E-state index contributed by atoms with van der Waals surface area (Å²) in [5.74, 6) is 1.88. The lowest BCUT2D eigenvalue weighted by molar-refractivity contribution is 0.373. The molecule has 0 saturated heterocycles. The van der Waals surface area contributed by atoms with Crippen molar-refractivity contribution in [2.45, 2.75) is 39.0 Å². The highest BCUT2D eigenvalue weighted by molar-refractivity contribution is 5.35. The molecule has 0 unspecified atom stereocenters. The summed E-state index contributed by atoms with van der Waals surface area (Å²) in [6, 6.07) is 4.17. The van der Waals surface area contributed by atoms with Crippen LogP contribution in [0.25, 0.3) is 0 Å². The Morgan fingerprint density at radius 3 is 2.73 bits per heavy atom. The van der Waals surface area contributed by atoms with Crippen LogP contribution in [-0.4, -0.2) is 11.5 Å². The molecule has 0 aliphatic heterocycles. The molecule has 1 aromatic heterocycles. The fourth-order valence-electron chi connectivity index (χ4n) is 2.21. The topological polar surface area (TPSA) is 24.9 Å². The van der Waals surface area contributed by atoms with Gasteiger partial charge in [-0.2, -0.15) is 0 Å². The molecule has 1 heterocycles. The Morgan fingerprint density at radius 1 is 1.27 bits per heavy atom. The van der Waals surface area contributed by atoms with Crippen molar-refractivity contribution in [3.8, 4) is 0 Å². The van der Waals surface area contributed by atoms with Gasteiger partial charge in [0.2, 0.25) is 0 Å². The summed E-state index contributed by atoms with van der Waals surface area (Å²) in [6.07, 6.45) is 8.95. The van der Waals surface area contributed by atoms with Crippen molar-refractivity contribution in [1.82, 2.24) is 4.98 Å². The first kappa shape index (κ1) is 10.5. The minimum atomic E-state index is 0.863. The highest BCUT2D eigenvalue weighted by Gasteiger charge is 2.12. The fraction of sp³-hybridized carbons (Fsp3) is 0.615. The average Bonchev–Trinajstić information content (AvgIpc) is 2.30. The molecule has 0 amide bonds. The molecular weight excluding hydrogens is 184 g/mol. The van der Waals surface area contributed by atoms with Gasteiger partial charge in [0.05, 0.1) is 0 Å². The van der Waals surface area contributed by atoms with Crippen LogP contribution >= 0.6 is 0 Å². The summed E-state index contributed by atoms with van der Waals surface area (Å²) in [4.78, 5) is 4.35. The number of hydrogen-bond acceptors (Lipinski definition) is 2. The molecule has 1 aliphatic carbocycles.